The molecule has 1 saturated heterocycles. The highest BCUT2D eigenvalue weighted by Crippen LogP contribution is 2.29. The van der Waals surface area contributed by atoms with Gasteiger partial charge in [-0.1, -0.05) is 12.1 Å². The number of hydrogen-bond acceptors (Lipinski definition) is 3. The Morgan fingerprint density at radius 1 is 1.11 bits per heavy atom. The number of nitrogens with one attached hydrogen (secondary N) is 1. The first kappa shape index (κ1) is 15.1. The van der Waals surface area contributed by atoms with Gasteiger partial charge in [-0.05, 0) is 51.9 Å². The molecule has 0 saturated carbocycles. The molecule has 0 unspecified atom stereocenters. The lowest BCUT2D eigenvalue weighted by Gasteiger charge is -2.25. The maximum Gasteiger partial charge on any atom is 0.161 e. The van der Waals surface area contributed by atoms with E-state index >= 15 is 0 Å². The van der Waals surface area contributed by atoms with Crippen LogP contribution in [0.5, 0.6) is 11.5 Å². The summed E-state index contributed by atoms with van der Waals surface area (Å²) >= 11 is 0. The number of ether oxygens (including phenoxy) is 2. The second kappa shape index (κ2) is 7.49. The van der Waals surface area contributed by atoms with E-state index in [9.17, 15) is 0 Å². The van der Waals surface area contributed by atoms with Gasteiger partial charge < -0.3 is 14.8 Å². The Hall–Kier alpha value is -0.930. The van der Waals surface area contributed by atoms with Gasteiger partial charge in [-0.3, -0.25) is 0 Å². The lowest BCUT2D eigenvalue weighted by molar-refractivity contribution is 0.148. The second-order valence-electron chi connectivity index (χ2n) is 4.68. The largest absolute Gasteiger partial charge is 0.487 e. The zero-order valence-corrected chi connectivity index (χ0v) is 11.8. The van der Waals surface area contributed by atoms with E-state index in [1.54, 1.807) is 0 Å². The van der Waals surface area contributed by atoms with Crippen molar-refractivity contribution in [2.24, 2.45) is 0 Å². The molecule has 1 aromatic carbocycles. The molecule has 2 rings (SSSR count). The zero-order valence-electron chi connectivity index (χ0n) is 11.0. The predicted octanol–water partition coefficient (Wildman–Crippen LogP) is 3.03. The SMILES string of the molecule is CC(C)Oc1ccccc1OC1CCNCC1.Cl. The van der Waals surface area contributed by atoms with Crippen molar-refractivity contribution in [2.75, 3.05) is 13.1 Å². The topological polar surface area (TPSA) is 30.5 Å². The normalized spacial score (nSPS) is 16.2. The summed E-state index contributed by atoms with van der Waals surface area (Å²) in [7, 11) is 0. The Bertz CT molecular complexity index is 351. The number of piperidine rings is 1. The molecular weight excluding hydrogens is 250 g/mol. The van der Waals surface area contributed by atoms with Gasteiger partial charge in [0.15, 0.2) is 11.5 Å². The smallest absolute Gasteiger partial charge is 0.161 e. The van der Waals surface area contributed by atoms with Crippen molar-refractivity contribution in [1.82, 2.24) is 5.32 Å². The minimum absolute atomic E-state index is 0. The van der Waals surface area contributed by atoms with Crippen LogP contribution in [0.2, 0.25) is 0 Å². The van der Waals surface area contributed by atoms with Crippen molar-refractivity contribution in [3.63, 3.8) is 0 Å². The standard InChI is InChI=1S/C14H21NO2.ClH/c1-11(2)16-13-5-3-4-6-14(13)17-12-7-9-15-10-8-12;/h3-6,11-12,15H,7-10H2,1-2H3;1H. The molecule has 1 aliphatic rings. The summed E-state index contributed by atoms with van der Waals surface area (Å²) in [6.07, 6.45) is 2.62. The van der Waals surface area contributed by atoms with Crippen molar-refractivity contribution in [3.8, 4) is 11.5 Å². The van der Waals surface area contributed by atoms with Gasteiger partial charge in [0.05, 0.1) is 6.10 Å². The van der Waals surface area contributed by atoms with Crippen molar-refractivity contribution >= 4 is 12.4 Å². The lowest BCUT2D eigenvalue weighted by Crippen LogP contribution is -2.34. The molecule has 3 nitrogen and oxygen atoms in total. The first-order valence-corrected chi connectivity index (χ1v) is 6.39. The van der Waals surface area contributed by atoms with Gasteiger partial charge in [-0.15, -0.1) is 12.4 Å². The van der Waals surface area contributed by atoms with Crippen LogP contribution in [0, 0.1) is 0 Å². The molecule has 102 valence electrons. The van der Waals surface area contributed by atoms with Crippen LogP contribution in [0.25, 0.3) is 0 Å². The van der Waals surface area contributed by atoms with Crippen molar-refractivity contribution < 1.29 is 9.47 Å². The highest BCUT2D eigenvalue weighted by molar-refractivity contribution is 5.85. The molecule has 0 aromatic heterocycles. The lowest BCUT2D eigenvalue weighted by atomic mass is 10.1. The quantitative estimate of drug-likeness (QED) is 0.913. The van der Waals surface area contributed by atoms with Crippen LogP contribution in [-0.2, 0) is 0 Å². The average Bonchev–Trinajstić information content (AvgIpc) is 2.32. The number of rotatable bonds is 4. The number of benzene rings is 1. The van der Waals surface area contributed by atoms with Crippen LogP contribution in [0.15, 0.2) is 24.3 Å². The van der Waals surface area contributed by atoms with Gasteiger partial charge in [-0.25, -0.2) is 0 Å². The van der Waals surface area contributed by atoms with E-state index in [0.717, 1.165) is 37.4 Å². The molecule has 0 atom stereocenters. The first-order valence-electron chi connectivity index (χ1n) is 6.39. The Balaban J connectivity index is 0.00000162. The molecule has 0 amide bonds. The summed E-state index contributed by atoms with van der Waals surface area (Å²) in [5.41, 5.74) is 0. The third-order valence-electron chi connectivity index (χ3n) is 2.79. The van der Waals surface area contributed by atoms with Crippen LogP contribution in [0.3, 0.4) is 0 Å². The molecular formula is C14H22ClNO2. The fourth-order valence-electron chi connectivity index (χ4n) is 1.99. The summed E-state index contributed by atoms with van der Waals surface area (Å²) in [6, 6.07) is 7.92. The predicted molar refractivity (Wildman–Crippen MR) is 76.0 cm³/mol. The van der Waals surface area contributed by atoms with Gasteiger partial charge in [0.2, 0.25) is 0 Å². The minimum atomic E-state index is 0. The Morgan fingerprint density at radius 3 is 2.33 bits per heavy atom. The molecule has 0 spiro atoms. The van der Waals surface area contributed by atoms with Crippen LogP contribution in [-0.4, -0.2) is 25.3 Å². The van der Waals surface area contributed by atoms with Gasteiger partial charge in [0.1, 0.15) is 6.10 Å². The molecule has 18 heavy (non-hydrogen) atoms. The molecule has 1 aromatic rings. The third-order valence-corrected chi connectivity index (χ3v) is 2.79. The second-order valence-corrected chi connectivity index (χ2v) is 4.68. The number of para-hydroxylation sites is 2. The Morgan fingerprint density at radius 2 is 1.72 bits per heavy atom. The number of halogens is 1. The average molecular weight is 272 g/mol. The monoisotopic (exact) mass is 271 g/mol. The molecule has 1 N–H and O–H groups in total. The highest BCUT2D eigenvalue weighted by Gasteiger charge is 2.16. The highest BCUT2D eigenvalue weighted by atomic mass is 35.5. The molecule has 4 heteroatoms. The molecule has 1 heterocycles. The van der Waals surface area contributed by atoms with E-state index in [1.807, 2.05) is 38.1 Å². The fourth-order valence-corrected chi connectivity index (χ4v) is 1.99. The third kappa shape index (κ3) is 4.39. The van der Waals surface area contributed by atoms with Crippen LogP contribution < -0.4 is 14.8 Å². The van der Waals surface area contributed by atoms with E-state index in [4.69, 9.17) is 9.47 Å². The van der Waals surface area contributed by atoms with E-state index in [1.165, 1.54) is 0 Å². The maximum atomic E-state index is 6.02. The van der Waals surface area contributed by atoms with Gasteiger partial charge in [-0.2, -0.15) is 0 Å². The molecule has 0 aliphatic carbocycles. The summed E-state index contributed by atoms with van der Waals surface area (Å²) < 4.78 is 11.8. The molecule has 0 radical (unpaired) electrons. The van der Waals surface area contributed by atoms with E-state index < -0.39 is 0 Å². The van der Waals surface area contributed by atoms with Crippen LogP contribution in [0.4, 0.5) is 0 Å². The summed E-state index contributed by atoms with van der Waals surface area (Å²) in [5, 5.41) is 3.34. The minimum Gasteiger partial charge on any atom is -0.487 e. The van der Waals surface area contributed by atoms with Crippen molar-refractivity contribution in [1.29, 1.82) is 0 Å². The summed E-state index contributed by atoms with van der Waals surface area (Å²) in [4.78, 5) is 0. The maximum absolute atomic E-state index is 6.02. The molecule has 1 fully saturated rings. The Kier molecular flexibility index (Phi) is 6.30. The summed E-state index contributed by atoms with van der Waals surface area (Å²) in [5.74, 6) is 1.72. The Labute approximate surface area is 115 Å². The first-order chi connectivity index (χ1) is 8.25. The van der Waals surface area contributed by atoms with Crippen molar-refractivity contribution in [3.05, 3.63) is 24.3 Å². The van der Waals surface area contributed by atoms with Crippen LogP contribution in [0.1, 0.15) is 26.7 Å². The molecule has 1 aliphatic heterocycles. The van der Waals surface area contributed by atoms with Crippen LogP contribution >= 0.6 is 12.4 Å². The van der Waals surface area contributed by atoms with E-state index in [0.29, 0.717) is 6.10 Å². The van der Waals surface area contributed by atoms with E-state index in [2.05, 4.69) is 5.32 Å². The van der Waals surface area contributed by atoms with E-state index in [-0.39, 0.29) is 18.5 Å². The fraction of sp³-hybridized carbons (Fsp3) is 0.571. The number of hydrogen-bond donors (Lipinski definition) is 1. The van der Waals surface area contributed by atoms with Gasteiger partial charge in [0, 0.05) is 0 Å². The zero-order chi connectivity index (χ0) is 12.1. The molecule has 0 bridgehead atoms. The summed E-state index contributed by atoms with van der Waals surface area (Å²) in [6.45, 7) is 6.14. The van der Waals surface area contributed by atoms with Gasteiger partial charge in [0.25, 0.3) is 0 Å². The van der Waals surface area contributed by atoms with Crippen molar-refractivity contribution in [2.45, 2.75) is 38.9 Å². The van der Waals surface area contributed by atoms with Gasteiger partial charge >= 0.3 is 0 Å².